The predicted molar refractivity (Wildman–Crippen MR) is 73.6 cm³/mol. The molecule has 1 aliphatic rings. The van der Waals surface area contributed by atoms with Crippen LogP contribution in [0.3, 0.4) is 0 Å². The van der Waals surface area contributed by atoms with Crippen LogP contribution < -0.4 is 5.32 Å². The smallest absolute Gasteiger partial charge is 0.338 e. The molecule has 0 bridgehead atoms. The van der Waals surface area contributed by atoms with E-state index in [1.165, 1.54) is 24.3 Å². The molecule has 1 aliphatic heterocycles. The maximum absolute atomic E-state index is 11.6. The molecule has 8 heteroatoms. The lowest BCUT2D eigenvalue weighted by atomic mass is 10.2. The number of carbonyl (C=O) groups is 2. The van der Waals surface area contributed by atoms with E-state index in [1.54, 1.807) is 0 Å². The number of phenolic OH excluding ortho intramolecular Hbond substituents is 1. The number of benzene rings is 1. The van der Waals surface area contributed by atoms with E-state index in [9.17, 15) is 23.1 Å². The molecule has 1 heterocycles. The molecule has 2 rings (SSSR count). The lowest BCUT2D eigenvalue weighted by molar-refractivity contribution is -0.124. The third kappa shape index (κ3) is 4.45. The molecule has 21 heavy (non-hydrogen) atoms. The van der Waals surface area contributed by atoms with Gasteiger partial charge >= 0.3 is 5.97 Å². The van der Waals surface area contributed by atoms with Crippen LogP contribution in [0.4, 0.5) is 0 Å². The predicted octanol–water partition coefficient (Wildman–Crippen LogP) is -0.148. The fourth-order valence-corrected chi connectivity index (χ4v) is 3.70. The average Bonchev–Trinajstić information content (AvgIpc) is 2.75. The van der Waals surface area contributed by atoms with Crippen LogP contribution in [0.25, 0.3) is 0 Å². The number of carbonyl (C=O) groups excluding carboxylic acids is 2. The first-order valence-corrected chi connectivity index (χ1v) is 8.14. The first-order valence-electron chi connectivity index (χ1n) is 6.32. The number of esters is 1. The number of nitrogens with one attached hydrogen (secondary N) is 1. The number of hydrogen-bond donors (Lipinski definition) is 2. The van der Waals surface area contributed by atoms with Crippen molar-refractivity contribution in [1.82, 2.24) is 5.32 Å². The highest BCUT2D eigenvalue weighted by Crippen LogP contribution is 2.12. The molecule has 0 aliphatic carbocycles. The van der Waals surface area contributed by atoms with Crippen LogP contribution >= 0.6 is 0 Å². The standard InChI is InChI=1S/C13H15NO6S/c15-11-3-1-2-9(6-11)13(17)20-7-12(16)14-10-4-5-21(18,19)8-10/h1-3,6,10,15H,4-5,7-8H2,(H,14,16)/t10-/m1/s1. The van der Waals surface area contributed by atoms with Crippen molar-refractivity contribution in [3.63, 3.8) is 0 Å². The molecule has 1 aromatic rings. The van der Waals surface area contributed by atoms with E-state index in [-0.39, 0.29) is 22.8 Å². The van der Waals surface area contributed by atoms with E-state index < -0.39 is 34.4 Å². The van der Waals surface area contributed by atoms with Gasteiger partial charge in [0.15, 0.2) is 16.4 Å². The molecular formula is C13H15NO6S. The van der Waals surface area contributed by atoms with Gasteiger partial charge in [-0.1, -0.05) is 6.07 Å². The molecular weight excluding hydrogens is 298 g/mol. The maximum Gasteiger partial charge on any atom is 0.338 e. The van der Waals surface area contributed by atoms with Crippen LogP contribution in [0, 0.1) is 0 Å². The molecule has 1 saturated heterocycles. The third-order valence-corrected chi connectivity index (χ3v) is 4.78. The molecule has 0 aromatic heterocycles. The van der Waals surface area contributed by atoms with E-state index >= 15 is 0 Å². The largest absolute Gasteiger partial charge is 0.508 e. The van der Waals surface area contributed by atoms with E-state index in [2.05, 4.69) is 5.32 Å². The fraction of sp³-hybridized carbons (Fsp3) is 0.385. The van der Waals surface area contributed by atoms with Gasteiger partial charge in [0.1, 0.15) is 5.75 Å². The molecule has 1 atom stereocenters. The van der Waals surface area contributed by atoms with Crippen LogP contribution in [-0.2, 0) is 19.4 Å². The second-order valence-corrected chi connectivity index (χ2v) is 7.02. The Balaban J connectivity index is 1.80. The number of ether oxygens (including phenoxy) is 1. The molecule has 0 saturated carbocycles. The third-order valence-electron chi connectivity index (χ3n) is 3.01. The van der Waals surface area contributed by atoms with Crippen LogP contribution in [0.5, 0.6) is 5.75 Å². The maximum atomic E-state index is 11.6. The molecule has 2 N–H and O–H groups in total. The zero-order chi connectivity index (χ0) is 15.5. The highest BCUT2D eigenvalue weighted by Gasteiger charge is 2.29. The Morgan fingerprint density at radius 2 is 2.14 bits per heavy atom. The fourth-order valence-electron chi connectivity index (χ4n) is 2.03. The number of aromatic hydroxyl groups is 1. The van der Waals surface area contributed by atoms with E-state index in [0.717, 1.165) is 0 Å². The Hall–Kier alpha value is -2.09. The molecule has 0 spiro atoms. The monoisotopic (exact) mass is 313 g/mol. The minimum absolute atomic E-state index is 0.0566. The molecule has 1 amide bonds. The van der Waals surface area contributed by atoms with Gasteiger partial charge in [-0.05, 0) is 24.6 Å². The summed E-state index contributed by atoms with van der Waals surface area (Å²) in [5, 5.41) is 11.7. The summed E-state index contributed by atoms with van der Waals surface area (Å²) in [4.78, 5) is 23.2. The summed E-state index contributed by atoms with van der Waals surface area (Å²) >= 11 is 0. The SMILES string of the molecule is O=C(COC(=O)c1cccc(O)c1)N[C@@H]1CCS(=O)(=O)C1. The molecule has 114 valence electrons. The lowest BCUT2D eigenvalue weighted by Gasteiger charge is -2.11. The topological polar surface area (TPSA) is 110 Å². The van der Waals surface area contributed by atoms with Crippen molar-refractivity contribution in [1.29, 1.82) is 0 Å². The quantitative estimate of drug-likeness (QED) is 0.748. The highest BCUT2D eigenvalue weighted by molar-refractivity contribution is 7.91. The van der Waals surface area contributed by atoms with Crippen LogP contribution in [-0.4, -0.2) is 49.6 Å². The summed E-state index contributed by atoms with van der Waals surface area (Å²) in [7, 11) is -3.07. The number of sulfone groups is 1. The van der Waals surface area contributed by atoms with E-state index in [4.69, 9.17) is 4.74 Å². The van der Waals surface area contributed by atoms with Gasteiger partial charge < -0.3 is 15.2 Å². The first kappa shape index (κ1) is 15.3. The van der Waals surface area contributed by atoms with Gasteiger partial charge in [-0.25, -0.2) is 13.2 Å². The summed E-state index contributed by atoms with van der Waals surface area (Å²) < 4.78 is 27.3. The minimum Gasteiger partial charge on any atom is -0.508 e. The number of hydrogen-bond acceptors (Lipinski definition) is 6. The zero-order valence-corrected chi connectivity index (χ0v) is 11.9. The van der Waals surface area contributed by atoms with E-state index in [0.29, 0.717) is 6.42 Å². The Kier molecular flexibility index (Phi) is 4.46. The van der Waals surface area contributed by atoms with Gasteiger partial charge in [-0.15, -0.1) is 0 Å². The Morgan fingerprint density at radius 3 is 2.76 bits per heavy atom. The van der Waals surface area contributed by atoms with Crippen molar-refractivity contribution in [3.05, 3.63) is 29.8 Å². The minimum atomic E-state index is -3.07. The van der Waals surface area contributed by atoms with Crippen LogP contribution in [0.15, 0.2) is 24.3 Å². The summed E-state index contributed by atoms with van der Waals surface area (Å²) in [6.07, 6.45) is 0.370. The van der Waals surface area contributed by atoms with Crippen molar-refractivity contribution < 1.29 is 27.9 Å². The first-order chi connectivity index (χ1) is 9.85. The number of amides is 1. The molecule has 1 fully saturated rings. The summed E-state index contributed by atoms with van der Waals surface area (Å²) in [5.74, 6) is -1.39. The highest BCUT2D eigenvalue weighted by atomic mass is 32.2. The molecule has 7 nitrogen and oxygen atoms in total. The molecule has 0 radical (unpaired) electrons. The van der Waals surface area contributed by atoms with E-state index in [1.807, 2.05) is 0 Å². The van der Waals surface area contributed by atoms with Crippen molar-refractivity contribution >= 4 is 21.7 Å². The van der Waals surface area contributed by atoms with Crippen molar-refractivity contribution in [2.24, 2.45) is 0 Å². The van der Waals surface area contributed by atoms with Gasteiger partial charge in [0.2, 0.25) is 0 Å². The zero-order valence-electron chi connectivity index (χ0n) is 11.1. The number of phenols is 1. The van der Waals surface area contributed by atoms with Crippen molar-refractivity contribution in [2.75, 3.05) is 18.1 Å². The van der Waals surface area contributed by atoms with Gasteiger partial charge in [-0.2, -0.15) is 0 Å². The molecule has 1 aromatic carbocycles. The summed E-state index contributed by atoms with van der Waals surface area (Å²) in [6.45, 7) is -0.495. The second-order valence-electron chi connectivity index (χ2n) is 4.79. The average molecular weight is 313 g/mol. The van der Waals surface area contributed by atoms with Gasteiger partial charge in [0.05, 0.1) is 17.1 Å². The summed E-state index contributed by atoms with van der Waals surface area (Å²) in [5.41, 5.74) is 0.131. The van der Waals surface area contributed by atoms with Crippen LogP contribution in [0.2, 0.25) is 0 Å². The van der Waals surface area contributed by atoms with Crippen molar-refractivity contribution in [2.45, 2.75) is 12.5 Å². The van der Waals surface area contributed by atoms with Gasteiger partial charge in [-0.3, -0.25) is 4.79 Å². The Labute approximate surface area is 121 Å². The Morgan fingerprint density at radius 1 is 1.38 bits per heavy atom. The van der Waals surface area contributed by atoms with Gasteiger partial charge in [0.25, 0.3) is 5.91 Å². The lowest BCUT2D eigenvalue weighted by Crippen LogP contribution is -2.38. The van der Waals surface area contributed by atoms with Crippen LogP contribution in [0.1, 0.15) is 16.8 Å². The Bertz CT molecular complexity index is 654. The van der Waals surface area contributed by atoms with Gasteiger partial charge in [0, 0.05) is 6.04 Å². The molecule has 0 unspecified atom stereocenters. The summed E-state index contributed by atoms with van der Waals surface area (Å²) in [6, 6.07) is 5.13. The van der Waals surface area contributed by atoms with Crippen molar-refractivity contribution in [3.8, 4) is 5.75 Å². The second kappa shape index (κ2) is 6.13. The number of rotatable bonds is 4. The normalized spacial score (nSPS) is 19.9.